The molecule has 1 aromatic rings. The van der Waals surface area contributed by atoms with Crippen molar-refractivity contribution < 1.29 is 14.3 Å². The lowest BCUT2D eigenvalue weighted by Crippen LogP contribution is -2.43. The molecule has 2 heterocycles. The largest absolute Gasteiger partial charge is 0.465 e. The van der Waals surface area contributed by atoms with E-state index in [-0.39, 0.29) is 6.10 Å². The molecule has 19 heavy (non-hydrogen) atoms. The molecule has 1 unspecified atom stereocenters. The molecule has 0 radical (unpaired) electrons. The SMILES string of the molecule is COC(=O)c1cccnc1NCC1CN(C)CCO1. The average molecular weight is 265 g/mol. The van der Waals surface area contributed by atoms with Gasteiger partial charge in [-0.2, -0.15) is 0 Å². The van der Waals surface area contributed by atoms with Crippen LogP contribution in [-0.4, -0.2) is 62.4 Å². The zero-order valence-corrected chi connectivity index (χ0v) is 11.3. The normalized spacial score (nSPS) is 20.0. The Morgan fingerprint density at radius 3 is 3.26 bits per heavy atom. The Kier molecular flexibility index (Phi) is 4.70. The Hall–Kier alpha value is -1.66. The van der Waals surface area contributed by atoms with E-state index in [1.807, 2.05) is 0 Å². The fraction of sp³-hybridized carbons (Fsp3) is 0.538. The molecule has 1 aliphatic rings. The molecule has 1 aromatic heterocycles. The lowest BCUT2D eigenvalue weighted by Gasteiger charge is -2.30. The van der Waals surface area contributed by atoms with Crippen LogP contribution in [0.3, 0.4) is 0 Å². The van der Waals surface area contributed by atoms with Crippen LogP contribution in [0.2, 0.25) is 0 Å². The van der Waals surface area contributed by atoms with Crippen molar-refractivity contribution in [3.63, 3.8) is 0 Å². The summed E-state index contributed by atoms with van der Waals surface area (Å²) in [5, 5.41) is 3.16. The number of ether oxygens (including phenoxy) is 2. The number of rotatable bonds is 4. The first kappa shape index (κ1) is 13.8. The van der Waals surface area contributed by atoms with Gasteiger partial charge in [0.1, 0.15) is 11.4 Å². The first-order chi connectivity index (χ1) is 9.20. The van der Waals surface area contributed by atoms with Crippen molar-refractivity contribution in [1.82, 2.24) is 9.88 Å². The Labute approximate surface area is 112 Å². The average Bonchev–Trinajstić information content (AvgIpc) is 2.45. The molecule has 0 aliphatic carbocycles. The first-order valence-electron chi connectivity index (χ1n) is 6.28. The number of anilines is 1. The topological polar surface area (TPSA) is 63.7 Å². The lowest BCUT2D eigenvalue weighted by molar-refractivity contribution is -0.0117. The molecule has 104 valence electrons. The van der Waals surface area contributed by atoms with E-state index in [1.54, 1.807) is 18.3 Å². The van der Waals surface area contributed by atoms with Gasteiger partial charge >= 0.3 is 5.97 Å². The van der Waals surface area contributed by atoms with Crippen LogP contribution in [0, 0.1) is 0 Å². The van der Waals surface area contributed by atoms with E-state index in [0.29, 0.717) is 17.9 Å². The molecular formula is C13H19N3O3. The van der Waals surface area contributed by atoms with E-state index in [4.69, 9.17) is 9.47 Å². The Morgan fingerprint density at radius 2 is 2.53 bits per heavy atom. The maximum absolute atomic E-state index is 11.6. The number of carbonyl (C=O) groups excluding carboxylic acids is 1. The number of pyridine rings is 1. The summed E-state index contributed by atoms with van der Waals surface area (Å²) in [5.74, 6) is 0.142. The van der Waals surface area contributed by atoms with Crippen molar-refractivity contribution in [3.05, 3.63) is 23.9 Å². The van der Waals surface area contributed by atoms with Crippen molar-refractivity contribution in [1.29, 1.82) is 0 Å². The monoisotopic (exact) mass is 265 g/mol. The first-order valence-corrected chi connectivity index (χ1v) is 6.28. The summed E-state index contributed by atoms with van der Waals surface area (Å²) in [7, 11) is 3.43. The van der Waals surface area contributed by atoms with Gasteiger partial charge in [0, 0.05) is 25.8 Å². The standard InChI is InChI=1S/C13H19N3O3/c1-16-6-7-19-10(9-16)8-15-12-11(13(17)18-2)4-3-5-14-12/h3-5,10H,6-9H2,1-2H3,(H,14,15). The van der Waals surface area contributed by atoms with Crippen LogP contribution in [-0.2, 0) is 9.47 Å². The van der Waals surface area contributed by atoms with Gasteiger partial charge in [0.25, 0.3) is 0 Å². The summed E-state index contributed by atoms with van der Waals surface area (Å²) < 4.78 is 10.4. The van der Waals surface area contributed by atoms with Crippen LogP contribution in [0.15, 0.2) is 18.3 Å². The van der Waals surface area contributed by atoms with E-state index in [2.05, 4.69) is 22.2 Å². The molecule has 0 saturated carbocycles. The number of likely N-dealkylation sites (N-methyl/N-ethyl adjacent to an activating group) is 1. The van der Waals surface area contributed by atoms with Gasteiger partial charge in [-0.1, -0.05) is 0 Å². The number of hydrogen-bond acceptors (Lipinski definition) is 6. The van der Waals surface area contributed by atoms with Crippen LogP contribution >= 0.6 is 0 Å². The van der Waals surface area contributed by atoms with Crippen molar-refractivity contribution >= 4 is 11.8 Å². The molecule has 0 spiro atoms. The fourth-order valence-corrected chi connectivity index (χ4v) is 2.02. The number of methoxy groups -OCH3 is 1. The van der Waals surface area contributed by atoms with E-state index in [9.17, 15) is 4.79 Å². The molecule has 1 N–H and O–H groups in total. The summed E-state index contributed by atoms with van der Waals surface area (Å²) in [6.07, 6.45) is 1.74. The van der Waals surface area contributed by atoms with E-state index < -0.39 is 5.97 Å². The third-order valence-corrected chi connectivity index (χ3v) is 3.05. The van der Waals surface area contributed by atoms with Crippen LogP contribution < -0.4 is 5.32 Å². The minimum atomic E-state index is -0.391. The van der Waals surface area contributed by atoms with Crippen molar-refractivity contribution in [2.24, 2.45) is 0 Å². The number of esters is 1. The minimum Gasteiger partial charge on any atom is -0.465 e. The lowest BCUT2D eigenvalue weighted by atomic mass is 10.2. The van der Waals surface area contributed by atoms with E-state index in [0.717, 1.165) is 19.7 Å². The van der Waals surface area contributed by atoms with Gasteiger partial charge in [-0.3, -0.25) is 0 Å². The molecule has 1 atom stereocenters. The van der Waals surface area contributed by atoms with Gasteiger partial charge in [-0.25, -0.2) is 9.78 Å². The second kappa shape index (κ2) is 6.49. The maximum Gasteiger partial charge on any atom is 0.341 e. The molecule has 1 fully saturated rings. The second-order valence-electron chi connectivity index (χ2n) is 4.53. The molecule has 6 heteroatoms. The molecule has 1 saturated heterocycles. The Balaban J connectivity index is 1.97. The third kappa shape index (κ3) is 3.65. The highest BCUT2D eigenvalue weighted by atomic mass is 16.5. The molecule has 2 rings (SSSR count). The number of carbonyl (C=O) groups is 1. The molecule has 6 nitrogen and oxygen atoms in total. The van der Waals surface area contributed by atoms with Gasteiger partial charge in [0.05, 0.1) is 19.8 Å². The quantitative estimate of drug-likeness (QED) is 0.805. The number of nitrogens with zero attached hydrogens (tertiary/aromatic N) is 2. The van der Waals surface area contributed by atoms with Gasteiger partial charge in [0.15, 0.2) is 0 Å². The van der Waals surface area contributed by atoms with Crippen molar-refractivity contribution in [2.45, 2.75) is 6.10 Å². The third-order valence-electron chi connectivity index (χ3n) is 3.05. The molecular weight excluding hydrogens is 246 g/mol. The predicted molar refractivity (Wildman–Crippen MR) is 71.3 cm³/mol. The molecule has 0 bridgehead atoms. The zero-order valence-electron chi connectivity index (χ0n) is 11.3. The van der Waals surface area contributed by atoms with E-state index >= 15 is 0 Å². The highest BCUT2D eigenvalue weighted by Crippen LogP contribution is 2.13. The Morgan fingerprint density at radius 1 is 1.68 bits per heavy atom. The van der Waals surface area contributed by atoms with Gasteiger partial charge in [-0.05, 0) is 19.2 Å². The smallest absolute Gasteiger partial charge is 0.341 e. The van der Waals surface area contributed by atoms with Gasteiger partial charge < -0.3 is 19.7 Å². The summed E-state index contributed by atoms with van der Waals surface area (Å²) >= 11 is 0. The zero-order chi connectivity index (χ0) is 13.7. The maximum atomic E-state index is 11.6. The van der Waals surface area contributed by atoms with Crippen LogP contribution in [0.4, 0.5) is 5.82 Å². The van der Waals surface area contributed by atoms with E-state index in [1.165, 1.54) is 7.11 Å². The number of nitrogens with one attached hydrogen (secondary N) is 1. The van der Waals surface area contributed by atoms with Crippen LogP contribution in [0.25, 0.3) is 0 Å². The van der Waals surface area contributed by atoms with Gasteiger partial charge in [-0.15, -0.1) is 0 Å². The number of hydrogen-bond donors (Lipinski definition) is 1. The molecule has 0 aromatic carbocycles. The molecule has 1 aliphatic heterocycles. The summed E-state index contributed by atoms with van der Waals surface area (Å²) in [6.45, 7) is 3.17. The summed E-state index contributed by atoms with van der Waals surface area (Å²) in [6, 6.07) is 3.40. The highest BCUT2D eigenvalue weighted by molar-refractivity contribution is 5.94. The van der Waals surface area contributed by atoms with Crippen LogP contribution in [0.5, 0.6) is 0 Å². The number of morpholine rings is 1. The van der Waals surface area contributed by atoms with Crippen LogP contribution in [0.1, 0.15) is 10.4 Å². The number of aromatic nitrogens is 1. The summed E-state index contributed by atoms with van der Waals surface area (Å²) in [4.78, 5) is 18.0. The minimum absolute atomic E-state index is 0.103. The molecule has 0 amide bonds. The Bertz CT molecular complexity index is 439. The fourth-order valence-electron chi connectivity index (χ4n) is 2.02. The second-order valence-corrected chi connectivity index (χ2v) is 4.53. The van der Waals surface area contributed by atoms with Gasteiger partial charge in [0.2, 0.25) is 0 Å². The predicted octanol–water partition coefficient (Wildman–Crippen LogP) is 0.611. The van der Waals surface area contributed by atoms with Crippen molar-refractivity contribution in [3.8, 4) is 0 Å². The van der Waals surface area contributed by atoms with Crippen molar-refractivity contribution in [2.75, 3.05) is 45.7 Å². The highest BCUT2D eigenvalue weighted by Gasteiger charge is 2.19. The summed E-state index contributed by atoms with van der Waals surface area (Å²) in [5.41, 5.74) is 0.439.